The lowest BCUT2D eigenvalue weighted by molar-refractivity contribution is 0.0748. The van der Waals surface area contributed by atoms with Crippen LogP contribution in [0, 0.1) is 0 Å². The fourth-order valence-corrected chi connectivity index (χ4v) is 3.21. The summed E-state index contributed by atoms with van der Waals surface area (Å²) in [4.78, 5) is 14.6. The maximum absolute atomic E-state index is 12.9. The van der Waals surface area contributed by atoms with Gasteiger partial charge < -0.3 is 15.1 Å². The molecule has 0 saturated heterocycles. The molecular weight excluding hydrogens is 302 g/mol. The summed E-state index contributed by atoms with van der Waals surface area (Å²) in [5.41, 5.74) is 4.51. The molecule has 24 heavy (non-hydrogen) atoms. The molecule has 0 unspecified atom stereocenters. The lowest BCUT2D eigenvalue weighted by Crippen LogP contribution is -2.25. The van der Waals surface area contributed by atoms with Crippen LogP contribution >= 0.6 is 0 Å². The molecule has 0 atom stereocenters. The number of carbonyl (C=O) groups excluding carboxylic acids is 1. The Bertz CT molecular complexity index is 796. The third kappa shape index (κ3) is 2.84. The highest BCUT2D eigenvalue weighted by atomic mass is 16.3. The minimum Gasteiger partial charge on any atom is -0.508 e. The molecule has 0 fully saturated rings. The average Bonchev–Trinajstić information content (AvgIpc) is 2.96. The first-order valence-corrected chi connectivity index (χ1v) is 8.36. The Morgan fingerprint density at radius 3 is 2.46 bits per heavy atom. The first kappa shape index (κ1) is 16.4. The van der Waals surface area contributed by atoms with E-state index in [1.54, 1.807) is 11.0 Å². The number of nitrogens with zero attached hydrogens (tertiary/aromatic N) is 1. The molecule has 0 aromatic heterocycles. The van der Waals surface area contributed by atoms with E-state index in [1.165, 1.54) is 17.2 Å². The fraction of sp³-hybridized carbons (Fsp3) is 0.350. The smallest absolute Gasteiger partial charge is 0.258 e. The Morgan fingerprint density at radius 1 is 1.08 bits per heavy atom. The summed E-state index contributed by atoms with van der Waals surface area (Å²) < 4.78 is 0. The Labute approximate surface area is 142 Å². The number of rotatable bonds is 3. The maximum Gasteiger partial charge on any atom is 0.258 e. The van der Waals surface area contributed by atoms with E-state index in [0.29, 0.717) is 18.7 Å². The quantitative estimate of drug-likeness (QED) is 0.898. The molecule has 0 saturated carbocycles. The van der Waals surface area contributed by atoms with Crippen LogP contribution in [-0.2, 0) is 19.5 Å². The first-order valence-electron chi connectivity index (χ1n) is 8.36. The molecule has 2 aromatic carbocycles. The highest BCUT2D eigenvalue weighted by molar-refractivity contribution is 5.97. The molecule has 1 heterocycles. The Hall–Kier alpha value is -2.49. The van der Waals surface area contributed by atoms with E-state index in [9.17, 15) is 15.0 Å². The zero-order valence-corrected chi connectivity index (χ0v) is 14.3. The van der Waals surface area contributed by atoms with Gasteiger partial charge in [0.05, 0.1) is 5.56 Å². The van der Waals surface area contributed by atoms with Crippen LogP contribution in [-0.4, -0.2) is 21.0 Å². The number of hydrogen-bond acceptors (Lipinski definition) is 3. The highest BCUT2D eigenvalue weighted by Crippen LogP contribution is 2.34. The second-order valence-corrected chi connectivity index (χ2v) is 6.70. The van der Waals surface area contributed by atoms with Gasteiger partial charge in [0.15, 0.2) is 0 Å². The summed E-state index contributed by atoms with van der Waals surface area (Å²) in [6, 6.07) is 9.21. The number of phenolic OH excluding ortho intramolecular Hbond substituents is 2. The fourth-order valence-electron chi connectivity index (χ4n) is 3.21. The number of carbonyl (C=O) groups is 1. The van der Waals surface area contributed by atoms with Crippen molar-refractivity contribution in [2.24, 2.45) is 0 Å². The van der Waals surface area contributed by atoms with Crippen molar-refractivity contribution >= 4 is 5.91 Å². The average molecular weight is 325 g/mol. The van der Waals surface area contributed by atoms with Gasteiger partial charge in [-0.25, -0.2) is 0 Å². The molecule has 0 radical (unpaired) electrons. The van der Waals surface area contributed by atoms with Gasteiger partial charge in [0.1, 0.15) is 11.5 Å². The normalized spacial score (nSPS) is 13.4. The van der Waals surface area contributed by atoms with Crippen LogP contribution in [0.3, 0.4) is 0 Å². The monoisotopic (exact) mass is 325 g/mol. The van der Waals surface area contributed by atoms with E-state index in [4.69, 9.17) is 0 Å². The second kappa shape index (κ2) is 6.19. The van der Waals surface area contributed by atoms with Crippen molar-refractivity contribution in [3.8, 4) is 11.5 Å². The van der Waals surface area contributed by atoms with Gasteiger partial charge in [-0.2, -0.15) is 0 Å². The molecule has 3 rings (SSSR count). The molecule has 4 heteroatoms. The van der Waals surface area contributed by atoms with E-state index in [2.05, 4.69) is 25.1 Å². The van der Waals surface area contributed by atoms with Gasteiger partial charge in [0.2, 0.25) is 0 Å². The number of amides is 1. The van der Waals surface area contributed by atoms with Crippen LogP contribution in [0.5, 0.6) is 11.5 Å². The Balaban J connectivity index is 1.90. The molecule has 0 bridgehead atoms. The van der Waals surface area contributed by atoms with Crippen molar-refractivity contribution in [3.05, 3.63) is 58.1 Å². The number of benzene rings is 2. The van der Waals surface area contributed by atoms with Gasteiger partial charge in [0.25, 0.3) is 5.91 Å². The molecule has 1 aliphatic rings. The minimum atomic E-state index is -0.205. The second-order valence-electron chi connectivity index (χ2n) is 6.70. The van der Waals surface area contributed by atoms with E-state index >= 15 is 0 Å². The molecule has 4 nitrogen and oxygen atoms in total. The summed E-state index contributed by atoms with van der Waals surface area (Å²) in [5.74, 6) is -0.285. The van der Waals surface area contributed by atoms with Gasteiger partial charge in [-0.3, -0.25) is 4.79 Å². The van der Waals surface area contributed by atoms with Crippen LogP contribution in [0.4, 0.5) is 0 Å². The first-order chi connectivity index (χ1) is 11.4. The van der Waals surface area contributed by atoms with Crippen LogP contribution in [0.25, 0.3) is 0 Å². The van der Waals surface area contributed by atoms with Gasteiger partial charge >= 0.3 is 0 Å². The summed E-state index contributed by atoms with van der Waals surface area (Å²) in [6.45, 7) is 7.10. The zero-order chi connectivity index (χ0) is 17.4. The van der Waals surface area contributed by atoms with Crippen LogP contribution in [0.2, 0.25) is 0 Å². The van der Waals surface area contributed by atoms with Crippen molar-refractivity contribution in [2.75, 3.05) is 0 Å². The number of aromatic hydroxyl groups is 2. The zero-order valence-electron chi connectivity index (χ0n) is 14.3. The largest absolute Gasteiger partial charge is 0.508 e. The molecule has 0 spiro atoms. The topological polar surface area (TPSA) is 60.8 Å². The number of aryl methyl sites for hydroxylation is 1. The SMILES string of the molecule is CCc1ccc2c(c1)CN(C(=O)c1cc(C(C)C)c(O)cc1O)C2. The predicted octanol–water partition coefficient (Wildman–Crippen LogP) is 3.94. The molecule has 2 aromatic rings. The standard InChI is InChI=1S/C20H23NO3/c1-4-13-5-6-14-10-21(11-15(14)7-13)20(24)17-8-16(12(2)3)18(22)9-19(17)23/h5-9,12,22-23H,4,10-11H2,1-3H3. The number of fused-ring (bicyclic) bond motifs is 1. The third-order valence-electron chi connectivity index (χ3n) is 4.69. The van der Waals surface area contributed by atoms with Crippen molar-refractivity contribution in [3.63, 3.8) is 0 Å². The van der Waals surface area contributed by atoms with E-state index in [1.807, 2.05) is 13.8 Å². The predicted molar refractivity (Wildman–Crippen MR) is 93.3 cm³/mol. The molecular formula is C20H23NO3. The molecule has 1 amide bonds. The van der Waals surface area contributed by atoms with Crippen molar-refractivity contribution in [1.29, 1.82) is 0 Å². The van der Waals surface area contributed by atoms with Gasteiger partial charge in [-0.05, 0) is 40.7 Å². The summed E-state index contributed by atoms with van der Waals surface area (Å²) >= 11 is 0. The Morgan fingerprint density at radius 2 is 1.79 bits per heavy atom. The van der Waals surface area contributed by atoms with Gasteiger partial charge in [0, 0.05) is 19.2 Å². The lowest BCUT2D eigenvalue weighted by atomic mass is 9.98. The van der Waals surface area contributed by atoms with Crippen molar-refractivity contribution in [2.45, 2.75) is 46.2 Å². The van der Waals surface area contributed by atoms with E-state index in [-0.39, 0.29) is 28.9 Å². The van der Waals surface area contributed by atoms with Crippen LogP contribution < -0.4 is 0 Å². The van der Waals surface area contributed by atoms with E-state index in [0.717, 1.165) is 12.0 Å². The maximum atomic E-state index is 12.9. The molecule has 126 valence electrons. The van der Waals surface area contributed by atoms with Crippen LogP contribution in [0.1, 0.15) is 59.3 Å². The van der Waals surface area contributed by atoms with Crippen molar-refractivity contribution < 1.29 is 15.0 Å². The summed E-state index contributed by atoms with van der Waals surface area (Å²) in [5, 5.41) is 20.1. The number of phenols is 2. The highest BCUT2D eigenvalue weighted by Gasteiger charge is 2.27. The lowest BCUT2D eigenvalue weighted by Gasteiger charge is -2.18. The molecule has 0 aliphatic carbocycles. The minimum absolute atomic E-state index is 0.0244. The number of hydrogen-bond donors (Lipinski definition) is 2. The van der Waals surface area contributed by atoms with Gasteiger partial charge in [-0.15, -0.1) is 0 Å². The summed E-state index contributed by atoms with van der Waals surface area (Å²) in [7, 11) is 0. The van der Waals surface area contributed by atoms with E-state index < -0.39 is 0 Å². The van der Waals surface area contributed by atoms with Crippen molar-refractivity contribution in [1.82, 2.24) is 4.90 Å². The third-order valence-corrected chi connectivity index (χ3v) is 4.69. The Kier molecular flexibility index (Phi) is 4.22. The summed E-state index contributed by atoms with van der Waals surface area (Å²) in [6.07, 6.45) is 0.970. The van der Waals surface area contributed by atoms with Crippen LogP contribution in [0.15, 0.2) is 30.3 Å². The molecule has 2 N–H and O–H groups in total. The molecule has 1 aliphatic heterocycles. The van der Waals surface area contributed by atoms with Gasteiger partial charge in [-0.1, -0.05) is 39.0 Å².